The summed E-state index contributed by atoms with van der Waals surface area (Å²) >= 11 is 0. The lowest BCUT2D eigenvalue weighted by Crippen LogP contribution is -2.51. The van der Waals surface area contributed by atoms with Crippen LogP contribution >= 0.6 is 0 Å². The highest BCUT2D eigenvalue weighted by molar-refractivity contribution is 6.00. The number of rotatable bonds is 10. The molecule has 0 fully saturated rings. The van der Waals surface area contributed by atoms with Gasteiger partial charge in [0.25, 0.3) is 6.10 Å². The molecule has 11 heteroatoms. The highest BCUT2D eigenvalue weighted by Gasteiger charge is 2.49. The molecular formula is C14H20O11. The Kier molecular flexibility index (Phi) is 8.54. The van der Waals surface area contributed by atoms with E-state index in [1.807, 2.05) is 0 Å². The molecule has 0 heterocycles. The Labute approximate surface area is 142 Å². The van der Waals surface area contributed by atoms with Crippen molar-refractivity contribution in [3.05, 3.63) is 0 Å². The van der Waals surface area contributed by atoms with Crippen LogP contribution in [0.1, 0.15) is 27.2 Å². The van der Waals surface area contributed by atoms with Crippen molar-refractivity contribution in [3.8, 4) is 0 Å². The highest BCUT2D eigenvalue weighted by Crippen LogP contribution is 2.24. The lowest BCUT2D eigenvalue weighted by atomic mass is 9.86. The van der Waals surface area contributed by atoms with Crippen molar-refractivity contribution in [2.45, 2.75) is 38.9 Å². The maximum absolute atomic E-state index is 12.0. The fraction of sp³-hybridized carbons (Fsp3) is 0.643. The van der Waals surface area contributed by atoms with Crippen molar-refractivity contribution in [2.75, 3.05) is 13.2 Å². The number of aliphatic hydroxyl groups is 1. The van der Waals surface area contributed by atoms with Gasteiger partial charge in [0.15, 0.2) is 5.60 Å². The molecule has 0 radical (unpaired) electrons. The van der Waals surface area contributed by atoms with Crippen LogP contribution in [0.3, 0.4) is 0 Å². The third-order valence-corrected chi connectivity index (χ3v) is 3.10. The van der Waals surface area contributed by atoms with Gasteiger partial charge in [-0.15, -0.1) is 0 Å². The van der Waals surface area contributed by atoms with Crippen molar-refractivity contribution < 1.29 is 53.5 Å². The summed E-state index contributed by atoms with van der Waals surface area (Å²) in [6.07, 6.45) is -3.43. The molecule has 142 valence electrons. The van der Waals surface area contributed by atoms with E-state index < -0.39 is 53.9 Å². The minimum Gasteiger partial charge on any atom is -0.481 e. The summed E-state index contributed by atoms with van der Waals surface area (Å²) in [7, 11) is 0. The molecule has 0 spiro atoms. The van der Waals surface area contributed by atoms with Crippen molar-refractivity contribution in [1.82, 2.24) is 0 Å². The SMILES string of the molecule is CCOC(=O)C(OC(=O)C(C)C(O)(CC(=O)O)C(=O)O)C(=O)OCC. The molecule has 0 rings (SSSR count). The number of carbonyl (C=O) groups is 5. The normalized spacial score (nSPS) is 14.1. The maximum Gasteiger partial charge on any atom is 0.359 e. The Morgan fingerprint density at radius 3 is 1.68 bits per heavy atom. The minimum absolute atomic E-state index is 0.139. The van der Waals surface area contributed by atoms with Crippen molar-refractivity contribution >= 4 is 29.8 Å². The molecule has 0 aliphatic carbocycles. The molecule has 3 N–H and O–H groups in total. The van der Waals surface area contributed by atoms with Crippen LogP contribution in [-0.2, 0) is 38.2 Å². The Morgan fingerprint density at radius 1 is 0.920 bits per heavy atom. The van der Waals surface area contributed by atoms with E-state index >= 15 is 0 Å². The van der Waals surface area contributed by atoms with Crippen LogP contribution in [0.2, 0.25) is 0 Å². The maximum atomic E-state index is 12.0. The molecular weight excluding hydrogens is 344 g/mol. The number of carbonyl (C=O) groups excluding carboxylic acids is 3. The number of carboxylic acid groups (broad SMARTS) is 2. The number of hydrogen-bond acceptors (Lipinski definition) is 9. The summed E-state index contributed by atoms with van der Waals surface area (Å²) in [6.45, 7) is 3.47. The lowest BCUT2D eigenvalue weighted by Gasteiger charge is -2.27. The average Bonchev–Trinajstić information content (AvgIpc) is 2.50. The summed E-state index contributed by atoms with van der Waals surface area (Å²) < 4.78 is 13.7. The Bertz CT molecular complexity index is 523. The first-order valence-corrected chi connectivity index (χ1v) is 7.22. The van der Waals surface area contributed by atoms with Crippen LogP contribution in [0.5, 0.6) is 0 Å². The van der Waals surface area contributed by atoms with Gasteiger partial charge in [-0.1, -0.05) is 0 Å². The second-order valence-electron chi connectivity index (χ2n) is 4.84. The summed E-state index contributed by atoms with van der Waals surface area (Å²) in [4.78, 5) is 57.3. The van der Waals surface area contributed by atoms with Crippen LogP contribution in [0.25, 0.3) is 0 Å². The van der Waals surface area contributed by atoms with Crippen molar-refractivity contribution in [3.63, 3.8) is 0 Å². The van der Waals surface area contributed by atoms with Gasteiger partial charge in [0.2, 0.25) is 0 Å². The molecule has 2 atom stereocenters. The Hall–Kier alpha value is -2.69. The minimum atomic E-state index is -3.00. The standard InChI is InChI=1S/C14H20O11/c1-4-23-11(18)9(12(19)24-5-2)25-10(17)7(3)14(22,13(20)21)6-8(15)16/h7,9,22H,4-6H2,1-3H3,(H,15,16)(H,20,21). The van der Waals surface area contributed by atoms with E-state index in [0.717, 1.165) is 6.92 Å². The van der Waals surface area contributed by atoms with Gasteiger partial charge in [-0.2, -0.15) is 0 Å². The monoisotopic (exact) mass is 364 g/mol. The van der Waals surface area contributed by atoms with Gasteiger partial charge in [0.05, 0.1) is 25.6 Å². The molecule has 0 aliphatic heterocycles. The van der Waals surface area contributed by atoms with Gasteiger partial charge < -0.3 is 29.5 Å². The molecule has 0 aromatic rings. The van der Waals surface area contributed by atoms with Crippen LogP contribution in [0.15, 0.2) is 0 Å². The van der Waals surface area contributed by atoms with Gasteiger partial charge in [0.1, 0.15) is 0 Å². The van der Waals surface area contributed by atoms with Gasteiger partial charge in [-0.05, 0) is 20.8 Å². The van der Waals surface area contributed by atoms with E-state index in [-0.39, 0.29) is 13.2 Å². The number of aliphatic carboxylic acids is 2. The van der Waals surface area contributed by atoms with Gasteiger partial charge in [0, 0.05) is 0 Å². The van der Waals surface area contributed by atoms with Crippen molar-refractivity contribution in [2.24, 2.45) is 5.92 Å². The third-order valence-electron chi connectivity index (χ3n) is 3.10. The average molecular weight is 364 g/mol. The topological polar surface area (TPSA) is 174 Å². The van der Waals surface area contributed by atoms with Crippen LogP contribution in [-0.4, -0.2) is 70.1 Å². The first-order chi connectivity index (χ1) is 11.5. The molecule has 0 amide bonds. The molecule has 0 aromatic heterocycles. The van der Waals surface area contributed by atoms with Gasteiger partial charge in [-0.3, -0.25) is 9.59 Å². The van der Waals surface area contributed by atoms with E-state index in [4.69, 9.17) is 10.2 Å². The quantitative estimate of drug-likeness (QED) is 0.245. The fourth-order valence-corrected chi connectivity index (χ4v) is 1.69. The summed E-state index contributed by atoms with van der Waals surface area (Å²) in [6, 6.07) is 0. The predicted octanol–water partition coefficient (Wildman–Crippen LogP) is -1.05. The Balaban J connectivity index is 5.44. The first-order valence-electron chi connectivity index (χ1n) is 7.22. The van der Waals surface area contributed by atoms with E-state index in [1.54, 1.807) is 0 Å². The van der Waals surface area contributed by atoms with Crippen LogP contribution in [0, 0.1) is 5.92 Å². The first kappa shape index (κ1) is 22.3. The van der Waals surface area contributed by atoms with Crippen LogP contribution < -0.4 is 0 Å². The lowest BCUT2D eigenvalue weighted by molar-refractivity contribution is -0.190. The third kappa shape index (κ3) is 6.03. The molecule has 25 heavy (non-hydrogen) atoms. The molecule has 0 aromatic carbocycles. The second-order valence-corrected chi connectivity index (χ2v) is 4.84. The van der Waals surface area contributed by atoms with Gasteiger partial charge in [-0.25, -0.2) is 14.4 Å². The molecule has 0 aliphatic rings. The van der Waals surface area contributed by atoms with E-state index in [2.05, 4.69) is 14.2 Å². The Morgan fingerprint density at radius 2 is 1.36 bits per heavy atom. The second kappa shape index (κ2) is 9.57. The fourth-order valence-electron chi connectivity index (χ4n) is 1.69. The predicted molar refractivity (Wildman–Crippen MR) is 77.1 cm³/mol. The zero-order valence-electron chi connectivity index (χ0n) is 13.9. The molecule has 0 saturated carbocycles. The van der Waals surface area contributed by atoms with E-state index in [9.17, 15) is 29.1 Å². The number of hydrogen-bond donors (Lipinski definition) is 3. The number of esters is 3. The number of carboxylic acids is 2. The molecule has 11 nitrogen and oxygen atoms in total. The largest absolute Gasteiger partial charge is 0.481 e. The molecule has 0 bridgehead atoms. The number of ether oxygens (including phenoxy) is 3. The zero-order chi connectivity index (χ0) is 19.8. The molecule has 2 unspecified atom stereocenters. The summed E-state index contributed by atoms with van der Waals surface area (Å²) in [5.41, 5.74) is -3.00. The van der Waals surface area contributed by atoms with Crippen LogP contribution in [0.4, 0.5) is 0 Å². The molecule has 0 saturated heterocycles. The van der Waals surface area contributed by atoms with Crippen molar-refractivity contribution in [1.29, 1.82) is 0 Å². The van der Waals surface area contributed by atoms with E-state index in [0.29, 0.717) is 0 Å². The van der Waals surface area contributed by atoms with Gasteiger partial charge >= 0.3 is 29.8 Å². The summed E-state index contributed by atoms with van der Waals surface area (Å²) in [5, 5.41) is 27.7. The van der Waals surface area contributed by atoms with E-state index in [1.165, 1.54) is 13.8 Å². The highest BCUT2D eigenvalue weighted by atomic mass is 16.6. The summed E-state index contributed by atoms with van der Waals surface area (Å²) in [5.74, 6) is -9.57. The smallest absolute Gasteiger partial charge is 0.359 e. The zero-order valence-corrected chi connectivity index (χ0v) is 13.9.